The van der Waals surface area contributed by atoms with E-state index in [9.17, 15) is 9.90 Å². The van der Waals surface area contributed by atoms with E-state index in [1.54, 1.807) is 12.1 Å². The molecule has 5 heteroatoms. The van der Waals surface area contributed by atoms with Gasteiger partial charge in [0.25, 0.3) is 0 Å². The van der Waals surface area contributed by atoms with Gasteiger partial charge >= 0.3 is 5.97 Å². The average Bonchev–Trinajstić information content (AvgIpc) is 2.65. The Morgan fingerprint density at radius 2 is 1.33 bits per heavy atom. The van der Waals surface area contributed by atoms with Gasteiger partial charge in [0.1, 0.15) is 17.2 Å². The fourth-order valence-corrected chi connectivity index (χ4v) is 2.78. The lowest BCUT2D eigenvalue weighted by Crippen LogP contribution is -2.00. The Labute approximate surface area is 164 Å². The van der Waals surface area contributed by atoms with Crippen molar-refractivity contribution >= 4 is 5.97 Å². The van der Waals surface area contributed by atoms with E-state index in [0.717, 1.165) is 38.5 Å². The summed E-state index contributed by atoms with van der Waals surface area (Å²) in [4.78, 5) is 11.0. The third kappa shape index (κ3) is 12.2. The first-order chi connectivity index (χ1) is 13.2. The van der Waals surface area contributed by atoms with Crippen LogP contribution in [0.3, 0.4) is 0 Å². The number of ether oxygens (including phenoxy) is 3. The monoisotopic (exact) mass is 380 g/mol. The van der Waals surface area contributed by atoms with Crippen LogP contribution < -0.4 is 9.47 Å². The molecule has 0 aliphatic carbocycles. The Hall–Kier alpha value is -1.91. The SMILES string of the molecule is CCCCOc1cc(O)cc(OCCCCCCCCCCC(=O)OC)c1. The molecule has 154 valence electrons. The molecule has 0 heterocycles. The predicted octanol–water partition coefficient (Wildman–Crippen LogP) is 5.63. The highest BCUT2D eigenvalue weighted by atomic mass is 16.5. The first kappa shape index (κ1) is 23.1. The molecular weight excluding hydrogens is 344 g/mol. The fraction of sp³-hybridized carbons (Fsp3) is 0.682. The predicted molar refractivity (Wildman–Crippen MR) is 108 cm³/mol. The topological polar surface area (TPSA) is 65.0 Å². The van der Waals surface area contributed by atoms with Crippen molar-refractivity contribution in [2.45, 2.75) is 77.6 Å². The molecule has 27 heavy (non-hydrogen) atoms. The summed E-state index contributed by atoms with van der Waals surface area (Å²) in [5.74, 6) is 1.38. The Morgan fingerprint density at radius 1 is 0.815 bits per heavy atom. The number of benzene rings is 1. The van der Waals surface area contributed by atoms with E-state index in [-0.39, 0.29) is 11.7 Å². The molecule has 5 nitrogen and oxygen atoms in total. The normalized spacial score (nSPS) is 10.6. The van der Waals surface area contributed by atoms with Gasteiger partial charge in [-0.3, -0.25) is 4.79 Å². The number of methoxy groups -OCH3 is 1. The summed E-state index contributed by atoms with van der Waals surface area (Å²) in [6.45, 7) is 3.42. The number of hydrogen-bond donors (Lipinski definition) is 1. The second-order valence-electron chi connectivity index (χ2n) is 6.87. The molecule has 1 N–H and O–H groups in total. The summed E-state index contributed by atoms with van der Waals surface area (Å²) in [7, 11) is 1.44. The van der Waals surface area contributed by atoms with Crippen molar-refractivity contribution in [3.63, 3.8) is 0 Å². The molecule has 0 amide bonds. The van der Waals surface area contributed by atoms with Gasteiger partial charge in [-0.2, -0.15) is 0 Å². The number of carbonyl (C=O) groups is 1. The fourth-order valence-electron chi connectivity index (χ4n) is 2.78. The van der Waals surface area contributed by atoms with E-state index in [4.69, 9.17) is 9.47 Å². The highest BCUT2D eigenvalue weighted by Crippen LogP contribution is 2.27. The maximum atomic E-state index is 11.0. The van der Waals surface area contributed by atoms with Gasteiger partial charge in [0, 0.05) is 24.6 Å². The average molecular weight is 381 g/mol. The standard InChI is InChI=1S/C22H36O5/c1-3-4-14-26-20-16-19(23)17-21(18-20)27-15-12-10-8-6-5-7-9-11-13-22(24)25-2/h16-18,23H,3-15H2,1-2H3. The Bertz CT molecular complexity index is 515. The van der Waals surface area contributed by atoms with Gasteiger partial charge in [0.2, 0.25) is 0 Å². The number of rotatable bonds is 16. The number of carbonyl (C=O) groups excluding carboxylic acids is 1. The molecule has 1 rings (SSSR count). The molecule has 0 aromatic heterocycles. The molecule has 0 saturated heterocycles. The second-order valence-corrected chi connectivity index (χ2v) is 6.87. The van der Waals surface area contributed by atoms with Gasteiger partial charge in [-0.05, 0) is 19.3 Å². The van der Waals surface area contributed by atoms with Crippen molar-refractivity contribution in [3.8, 4) is 17.2 Å². The van der Waals surface area contributed by atoms with Crippen LogP contribution >= 0.6 is 0 Å². The van der Waals surface area contributed by atoms with E-state index < -0.39 is 0 Å². The van der Waals surface area contributed by atoms with Crippen molar-refractivity contribution in [2.24, 2.45) is 0 Å². The third-order valence-corrected chi connectivity index (χ3v) is 4.40. The van der Waals surface area contributed by atoms with Crippen molar-refractivity contribution in [3.05, 3.63) is 18.2 Å². The molecular formula is C22H36O5. The number of phenols is 1. The molecule has 0 radical (unpaired) electrons. The minimum Gasteiger partial charge on any atom is -0.508 e. The van der Waals surface area contributed by atoms with Gasteiger partial charge in [-0.25, -0.2) is 0 Å². The van der Waals surface area contributed by atoms with E-state index >= 15 is 0 Å². The smallest absolute Gasteiger partial charge is 0.305 e. The van der Waals surface area contributed by atoms with Gasteiger partial charge in [0.05, 0.1) is 20.3 Å². The quantitative estimate of drug-likeness (QED) is 0.297. The molecule has 0 saturated carbocycles. The maximum Gasteiger partial charge on any atom is 0.305 e. The lowest BCUT2D eigenvalue weighted by molar-refractivity contribution is -0.140. The summed E-state index contributed by atoms with van der Waals surface area (Å²) in [5, 5.41) is 9.77. The maximum absolute atomic E-state index is 11.0. The zero-order valence-electron chi connectivity index (χ0n) is 17.0. The third-order valence-electron chi connectivity index (χ3n) is 4.40. The van der Waals surface area contributed by atoms with E-state index in [2.05, 4.69) is 11.7 Å². The van der Waals surface area contributed by atoms with Crippen LogP contribution in [-0.4, -0.2) is 31.4 Å². The lowest BCUT2D eigenvalue weighted by Gasteiger charge is -2.10. The van der Waals surface area contributed by atoms with Gasteiger partial charge in [-0.1, -0.05) is 51.9 Å². The zero-order chi connectivity index (χ0) is 19.7. The van der Waals surface area contributed by atoms with Crippen LogP contribution in [0.25, 0.3) is 0 Å². The molecule has 0 unspecified atom stereocenters. The number of unbranched alkanes of at least 4 members (excludes halogenated alkanes) is 8. The summed E-state index contributed by atoms with van der Waals surface area (Å²) in [5.41, 5.74) is 0. The highest BCUT2D eigenvalue weighted by Gasteiger charge is 2.03. The van der Waals surface area contributed by atoms with Crippen LogP contribution in [0.15, 0.2) is 18.2 Å². The minimum atomic E-state index is -0.110. The van der Waals surface area contributed by atoms with Crippen LogP contribution in [-0.2, 0) is 9.53 Å². The molecule has 1 aromatic carbocycles. The molecule has 0 spiro atoms. The van der Waals surface area contributed by atoms with Gasteiger partial charge in [0.15, 0.2) is 0 Å². The van der Waals surface area contributed by atoms with Crippen molar-refractivity contribution in [2.75, 3.05) is 20.3 Å². The van der Waals surface area contributed by atoms with Crippen LogP contribution in [0.5, 0.6) is 17.2 Å². The lowest BCUT2D eigenvalue weighted by atomic mass is 10.1. The molecule has 0 fully saturated rings. The molecule has 1 aromatic rings. The number of aromatic hydroxyl groups is 1. The Balaban J connectivity index is 2.04. The van der Waals surface area contributed by atoms with Crippen LogP contribution in [0, 0.1) is 0 Å². The van der Waals surface area contributed by atoms with Gasteiger partial charge in [-0.15, -0.1) is 0 Å². The molecule has 0 aliphatic heterocycles. The molecule has 0 aliphatic rings. The summed E-state index contributed by atoms with van der Waals surface area (Å²) in [6.07, 6.45) is 11.6. The molecule has 0 atom stereocenters. The summed E-state index contributed by atoms with van der Waals surface area (Å²) in [6, 6.07) is 5.08. The van der Waals surface area contributed by atoms with E-state index in [1.807, 2.05) is 6.07 Å². The number of hydrogen-bond acceptors (Lipinski definition) is 5. The molecule has 0 bridgehead atoms. The van der Waals surface area contributed by atoms with E-state index in [1.165, 1.54) is 32.8 Å². The van der Waals surface area contributed by atoms with Crippen LogP contribution in [0.2, 0.25) is 0 Å². The summed E-state index contributed by atoms with van der Waals surface area (Å²) < 4.78 is 16.0. The number of phenolic OH excluding ortho intramolecular Hbond substituents is 1. The minimum absolute atomic E-state index is 0.110. The van der Waals surface area contributed by atoms with Crippen molar-refractivity contribution < 1.29 is 24.1 Å². The highest BCUT2D eigenvalue weighted by molar-refractivity contribution is 5.68. The number of esters is 1. The van der Waals surface area contributed by atoms with Crippen LogP contribution in [0.4, 0.5) is 0 Å². The Morgan fingerprint density at radius 3 is 1.89 bits per heavy atom. The van der Waals surface area contributed by atoms with Crippen molar-refractivity contribution in [1.29, 1.82) is 0 Å². The first-order valence-corrected chi connectivity index (χ1v) is 10.3. The van der Waals surface area contributed by atoms with Crippen molar-refractivity contribution in [1.82, 2.24) is 0 Å². The first-order valence-electron chi connectivity index (χ1n) is 10.3. The largest absolute Gasteiger partial charge is 0.508 e. The van der Waals surface area contributed by atoms with Gasteiger partial charge < -0.3 is 19.3 Å². The van der Waals surface area contributed by atoms with Crippen LogP contribution in [0.1, 0.15) is 77.6 Å². The Kier molecular flexibility index (Phi) is 13.0. The summed E-state index contributed by atoms with van der Waals surface area (Å²) >= 11 is 0. The van der Waals surface area contributed by atoms with E-state index in [0.29, 0.717) is 31.1 Å². The zero-order valence-corrected chi connectivity index (χ0v) is 17.0. The second kappa shape index (κ2) is 15.2.